The van der Waals surface area contributed by atoms with E-state index in [1.165, 1.54) is 11.1 Å². The Hall–Kier alpha value is -3.03. The molecule has 0 amide bonds. The number of hydrogen-bond donors (Lipinski definition) is 0. The molecule has 0 saturated carbocycles. The molecule has 0 spiro atoms. The second-order valence-electron chi connectivity index (χ2n) is 6.34. The van der Waals surface area contributed by atoms with Crippen LogP contribution in [-0.2, 0) is 0 Å². The summed E-state index contributed by atoms with van der Waals surface area (Å²) in [6, 6.07) is 30.8. The topological polar surface area (TPSA) is 13.1 Å². The molecule has 1 aromatic heterocycles. The minimum Gasteiger partial charge on any atom is -0.456 e. The van der Waals surface area contributed by atoms with E-state index in [1.807, 2.05) is 48.5 Å². The van der Waals surface area contributed by atoms with Gasteiger partial charge in [-0.3, -0.25) is 0 Å². The Balaban J connectivity index is 1.92. The molecule has 1 heterocycles. The van der Waals surface area contributed by atoms with E-state index in [0.29, 0.717) is 0 Å². The van der Waals surface area contributed by atoms with Crippen LogP contribution in [0.25, 0.3) is 44.2 Å². The molecule has 26 heavy (non-hydrogen) atoms. The zero-order valence-electron chi connectivity index (χ0n) is 13.9. The van der Waals surface area contributed by atoms with Gasteiger partial charge in [0.15, 0.2) is 0 Å². The molecule has 4 aromatic carbocycles. The average Bonchev–Trinajstić information content (AvgIpc) is 3.07. The van der Waals surface area contributed by atoms with Crippen LogP contribution in [0, 0.1) is 0 Å². The zero-order valence-corrected chi connectivity index (χ0v) is 14.7. The Morgan fingerprint density at radius 3 is 1.77 bits per heavy atom. The fraction of sp³-hybridized carbons (Fsp3) is 0. The lowest BCUT2D eigenvalue weighted by molar-refractivity contribution is 0.669. The molecule has 5 aromatic rings. The highest BCUT2D eigenvalue weighted by Gasteiger charge is 2.16. The van der Waals surface area contributed by atoms with Crippen LogP contribution in [-0.4, -0.2) is 0 Å². The summed E-state index contributed by atoms with van der Waals surface area (Å²) in [4.78, 5) is 0. The van der Waals surface area contributed by atoms with Crippen molar-refractivity contribution >= 4 is 33.5 Å². The molecule has 0 unspecified atom stereocenters. The molecule has 2 heteroatoms. The molecule has 0 saturated heterocycles. The number of hydrogen-bond acceptors (Lipinski definition) is 1. The highest BCUT2D eigenvalue weighted by Crippen LogP contribution is 2.41. The van der Waals surface area contributed by atoms with Gasteiger partial charge in [0.05, 0.1) is 0 Å². The molecule has 0 N–H and O–H groups in total. The van der Waals surface area contributed by atoms with Gasteiger partial charge in [0.2, 0.25) is 0 Å². The van der Waals surface area contributed by atoms with Crippen molar-refractivity contribution in [3.63, 3.8) is 0 Å². The number of halogens is 1. The van der Waals surface area contributed by atoms with Crippen LogP contribution in [0.1, 0.15) is 0 Å². The van der Waals surface area contributed by atoms with Gasteiger partial charge in [0, 0.05) is 15.8 Å². The lowest BCUT2D eigenvalue weighted by atomic mass is 9.95. The first-order valence-electron chi connectivity index (χ1n) is 8.57. The first-order valence-corrected chi connectivity index (χ1v) is 8.95. The largest absolute Gasteiger partial charge is 0.456 e. The van der Waals surface area contributed by atoms with Crippen molar-refractivity contribution in [2.45, 2.75) is 0 Å². The van der Waals surface area contributed by atoms with Gasteiger partial charge in [-0.15, -0.1) is 0 Å². The summed E-state index contributed by atoms with van der Waals surface area (Å²) in [6.45, 7) is 0. The average molecular weight is 355 g/mol. The van der Waals surface area contributed by atoms with Crippen LogP contribution in [0.2, 0.25) is 5.02 Å². The Morgan fingerprint density at radius 1 is 0.538 bits per heavy atom. The third-order valence-electron chi connectivity index (χ3n) is 4.74. The molecule has 0 bridgehead atoms. The van der Waals surface area contributed by atoms with Crippen molar-refractivity contribution in [3.05, 3.63) is 96.0 Å². The first-order chi connectivity index (χ1) is 12.8. The monoisotopic (exact) mass is 354 g/mol. The molecule has 0 radical (unpaired) electrons. The molecule has 0 aliphatic carbocycles. The van der Waals surface area contributed by atoms with Gasteiger partial charge in [0.25, 0.3) is 0 Å². The molecule has 1 nitrogen and oxygen atoms in total. The molecular formula is C24H15ClO. The zero-order chi connectivity index (χ0) is 17.5. The summed E-state index contributed by atoms with van der Waals surface area (Å²) in [5.74, 6) is 0. The maximum Gasteiger partial charge on any atom is 0.136 e. The van der Waals surface area contributed by atoms with E-state index in [9.17, 15) is 0 Å². The van der Waals surface area contributed by atoms with Gasteiger partial charge in [0.1, 0.15) is 11.2 Å². The summed E-state index contributed by atoms with van der Waals surface area (Å²) < 4.78 is 6.17. The van der Waals surface area contributed by atoms with Crippen molar-refractivity contribution in [3.8, 4) is 22.3 Å². The number of rotatable bonds is 2. The van der Waals surface area contributed by atoms with E-state index in [1.54, 1.807) is 0 Å². The third kappa shape index (κ3) is 2.40. The fourth-order valence-corrected chi connectivity index (χ4v) is 3.81. The predicted molar refractivity (Wildman–Crippen MR) is 110 cm³/mol. The number of furan rings is 1. The van der Waals surface area contributed by atoms with Crippen LogP contribution < -0.4 is 0 Å². The van der Waals surface area contributed by atoms with Crippen LogP contribution in [0.4, 0.5) is 0 Å². The molecule has 0 atom stereocenters. The normalized spacial score (nSPS) is 11.3. The van der Waals surface area contributed by atoms with E-state index in [0.717, 1.165) is 38.1 Å². The van der Waals surface area contributed by atoms with Gasteiger partial charge < -0.3 is 4.42 Å². The quantitative estimate of drug-likeness (QED) is 0.318. The molecular weight excluding hydrogens is 340 g/mol. The molecule has 124 valence electrons. The SMILES string of the molecule is Clc1cccc(-c2cccc3oc4cccc(-c5ccccc5)c4c23)c1. The summed E-state index contributed by atoms with van der Waals surface area (Å²) in [5.41, 5.74) is 6.37. The maximum absolute atomic E-state index is 6.24. The van der Waals surface area contributed by atoms with Gasteiger partial charge in [-0.2, -0.15) is 0 Å². The van der Waals surface area contributed by atoms with E-state index in [-0.39, 0.29) is 0 Å². The van der Waals surface area contributed by atoms with Crippen LogP contribution in [0.3, 0.4) is 0 Å². The summed E-state index contributed by atoms with van der Waals surface area (Å²) in [6.07, 6.45) is 0. The summed E-state index contributed by atoms with van der Waals surface area (Å²) >= 11 is 6.24. The van der Waals surface area contributed by atoms with Gasteiger partial charge in [-0.25, -0.2) is 0 Å². The first kappa shape index (κ1) is 15.2. The smallest absolute Gasteiger partial charge is 0.136 e. The molecule has 0 aliphatic heterocycles. The minimum atomic E-state index is 0.732. The van der Waals surface area contributed by atoms with Crippen molar-refractivity contribution < 1.29 is 4.42 Å². The Kier molecular flexibility index (Phi) is 3.55. The van der Waals surface area contributed by atoms with Gasteiger partial charge in [-0.05, 0) is 46.5 Å². The Labute approximate surface area is 156 Å². The van der Waals surface area contributed by atoms with E-state index >= 15 is 0 Å². The molecule has 0 fully saturated rings. The second-order valence-corrected chi connectivity index (χ2v) is 6.77. The number of benzene rings is 4. The van der Waals surface area contributed by atoms with Crippen LogP contribution in [0.5, 0.6) is 0 Å². The summed E-state index contributed by atoms with van der Waals surface area (Å²) in [5, 5.41) is 3.00. The molecule has 0 aliphatic rings. The van der Waals surface area contributed by atoms with Gasteiger partial charge >= 0.3 is 0 Å². The van der Waals surface area contributed by atoms with E-state index in [4.69, 9.17) is 16.0 Å². The van der Waals surface area contributed by atoms with Gasteiger partial charge in [-0.1, -0.05) is 78.3 Å². The Morgan fingerprint density at radius 2 is 1.12 bits per heavy atom. The Bertz CT molecular complexity index is 1240. The maximum atomic E-state index is 6.24. The fourth-order valence-electron chi connectivity index (χ4n) is 3.62. The van der Waals surface area contributed by atoms with Crippen molar-refractivity contribution in [1.82, 2.24) is 0 Å². The van der Waals surface area contributed by atoms with Crippen LogP contribution in [0.15, 0.2) is 95.4 Å². The predicted octanol–water partition coefficient (Wildman–Crippen LogP) is 7.57. The van der Waals surface area contributed by atoms with Crippen molar-refractivity contribution in [1.29, 1.82) is 0 Å². The minimum absolute atomic E-state index is 0.732. The highest BCUT2D eigenvalue weighted by atomic mass is 35.5. The van der Waals surface area contributed by atoms with Crippen LogP contribution >= 0.6 is 11.6 Å². The van der Waals surface area contributed by atoms with E-state index < -0.39 is 0 Å². The second kappa shape index (κ2) is 6.05. The highest BCUT2D eigenvalue weighted by molar-refractivity contribution is 6.31. The van der Waals surface area contributed by atoms with Crippen molar-refractivity contribution in [2.24, 2.45) is 0 Å². The standard InChI is InChI=1S/C24H15ClO/c25-18-10-4-9-17(15-18)20-12-6-14-22-24(20)23-19(11-5-13-21(23)26-22)16-7-2-1-3-8-16/h1-15H. The molecule has 5 rings (SSSR count). The lowest BCUT2D eigenvalue weighted by Crippen LogP contribution is -1.82. The van der Waals surface area contributed by atoms with Crippen molar-refractivity contribution in [2.75, 3.05) is 0 Å². The van der Waals surface area contributed by atoms with E-state index in [2.05, 4.69) is 42.5 Å². The lowest BCUT2D eigenvalue weighted by Gasteiger charge is -2.07. The summed E-state index contributed by atoms with van der Waals surface area (Å²) in [7, 11) is 0. The number of fused-ring (bicyclic) bond motifs is 3. The third-order valence-corrected chi connectivity index (χ3v) is 4.98.